The van der Waals surface area contributed by atoms with Gasteiger partial charge in [0, 0.05) is 43.9 Å². The summed E-state index contributed by atoms with van der Waals surface area (Å²) in [5.41, 5.74) is 2.14. The molecule has 2 atom stereocenters. The average Bonchev–Trinajstić information content (AvgIpc) is 2.79. The zero-order chi connectivity index (χ0) is 24.2. The first kappa shape index (κ1) is 24.2. The first-order chi connectivity index (χ1) is 16.3. The lowest BCUT2D eigenvalue weighted by Gasteiger charge is -2.49. The zero-order valence-corrected chi connectivity index (χ0v) is 19.8. The van der Waals surface area contributed by atoms with Crippen molar-refractivity contribution < 1.29 is 23.5 Å². The fourth-order valence-electron chi connectivity index (χ4n) is 4.50. The fourth-order valence-corrected chi connectivity index (χ4v) is 4.74. The number of fused-ring (bicyclic) bond motifs is 2. The maximum Gasteiger partial charge on any atom is 0.247 e. The number of hydrogen-bond donors (Lipinski definition) is 1. The van der Waals surface area contributed by atoms with Crippen molar-refractivity contribution in [2.75, 3.05) is 38.7 Å². The van der Waals surface area contributed by atoms with E-state index < -0.39 is 0 Å². The van der Waals surface area contributed by atoms with Crippen molar-refractivity contribution in [3.8, 4) is 5.75 Å². The van der Waals surface area contributed by atoms with E-state index in [0.29, 0.717) is 54.9 Å². The number of hydrogen-bond acceptors (Lipinski definition) is 5. The van der Waals surface area contributed by atoms with Crippen LogP contribution in [0, 0.1) is 5.82 Å². The van der Waals surface area contributed by atoms with Gasteiger partial charge in [-0.3, -0.25) is 14.5 Å². The summed E-state index contributed by atoms with van der Waals surface area (Å²) in [7, 11) is 1.50. The van der Waals surface area contributed by atoms with Crippen molar-refractivity contribution in [3.05, 3.63) is 64.4 Å². The number of ether oxygens (including phenoxy) is 2. The highest BCUT2D eigenvalue weighted by Crippen LogP contribution is 2.32. The molecule has 2 saturated heterocycles. The highest BCUT2D eigenvalue weighted by molar-refractivity contribution is 6.32. The number of carbonyl (C=O) groups excluding carboxylic acids is 2. The van der Waals surface area contributed by atoms with Crippen LogP contribution in [0.1, 0.15) is 18.1 Å². The number of methoxy groups -OCH3 is 1. The van der Waals surface area contributed by atoms with Gasteiger partial charge in [0.1, 0.15) is 11.6 Å². The smallest absolute Gasteiger partial charge is 0.247 e. The quantitative estimate of drug-likeness (QED) is 0.631. The molecule has 34 heavy (non-hydrogen) atoms. The lowest BCUT2D eigenvalue weighted by Crippen LogP contribution is -2.65. The number of nitrogens with one attached hydrogen (secondary N) is 1. The van der Waals surface area contributed by atoms with Crippen LogP contribution < -0.4 is 10.1 Å². The van der Waals surface area contributed by atoms with Crippen LogP contribution >= 0.6 is 11.6 Å². The molecule has 7 nitrogen and oxygen atoms in total. The molecule has 0 spiro atoms. The van der Waals surface area contributed by atoms with Crippen LogP contribution in [0.4, 0.5) is 10.1 Å². The fraction of sp³-hybridized carbons (Fsp3) is 0.360. The molecule has 2 aliphatic rings. The molecule has 0 saturated carbocycles. The van der Waals surface area contributed by atoms with Crippen LogP contribution in [0.15, 0.2) is 42.5 Å². The van der Waals surface area contributed by atoms with Crippen LogP contribution in [0.25, 0.3) is 6.08 Å². The second kappa shape index (κ2) is 10.5. The van der Waals surface area contributed by atoms with E-state index in [2.05, 4.69) is 10.2 Å². The molecule has 4 rings (SSSR count). The van der Waals surface area contributed by atoms with Crippen molar-refractivity contribution in [1.29, 1.82) is 0 Å². The van der Waals surface area contributed by atoms with Gasteiger partial charge >= 0.3 is 0 Å². The molecular formula is C25H27ClFN3O4. The Morgan fingerprint density at radius 1 is 1.21 bits per heavy atom. The van der Waals surface area contributed by atoms with E-state index in [-0.39, 0.29) is 29.7 Å². The molecular weight excluding hydrogens is 461 g/mol. The van der Waals surface area contributed by atoms with Crippen molar-refractivity contribution in [3.63, 3.8) is 0 Å². The maximum absolute atomic E-state index is 13.2. The average molecular weight is 488 g/mol. The standard InChI is InChI=1S/C25H27ClFN3O4/c1-16(31)28-23-10-22(26)24(33-2)9-18(23)5-8-25(32)30-20-12-29(13-21(30)15-34-14-20)11-17-3-6-19(27)7-4-17/h3-10,20-21H,11-15H2,1-2H3,(H,28,31)/b8-5+. The number of rotatable bonds is 6. The topological polar surface area (TPSA) is 71.1 Å². The minimum atomic E-state index is -0.254. The number of anilines is 1. The highest BCUT2D eigenvalue weighted by Gasteiger charge is 2.40. The van der Waals surface area contributed by atoms with Crippen molar-refractivity contribution in [2.24, 2.45) is 0 Å². The third-order valence-electron chi connectivity index (χ3n) is 5.96. The SMILES string of the molecule is COc1cc(/C=C/C(=O)N2C3COCC2CN(Cc2ccc(F)cc2)C3)c(NC(C)=O)cc1Cl. The Labute approximate surface area is 203 Å². The number of piperazine rings is 1. The van der Waals surface area contributed by atoms with Crippen molar-refractivity contribution in [1.82, 2.24) is 9.80 Å². The van der Waals surface area contributed by atoms with Crippen molar-refractivity contribution >= 4 is 35.2 Å². The summed E-state index contributed by atoms with van der Waals surface area (Å²) in [5, 5.41) is 3.10. The van der Waals surface area contributed by atoms with Gasteiger partial charge < -0.3 is 19.7 Å². The van der Waals surface area contributed by atoms with E-state index in [9.17, 15) is 14.0 Å². The molecule has 0 aromatic heterocycles. The van der Waals surface area contributed by atoms with E-state index in [1.165, 1.54) is 32.2 Å². The third kappa shape index (κ3) is 5.58. The summed E-state index contributed by atoms with van der Waals surface area (Å²) in [5.74, 6) is -0.174. The largest absolute Gasteiger partial charge is 0.495 e. The van der Waals surface area contributed by atoms with E-state index in [0.717, 1.165) is 5.56 Å². The Hall–Kier alpha value is -2.94. The molecule has 2 fully saturated rings. The monoisotopic (exact) mass is 487 g/mol. The Morgan fingerprint density at radius 3 is 2.50 bits per heavy atom. The molecule has 1 N–H and O–H groups in total. The van der Waals surface area contributed by atoms with Gasteiger partial charge in [0.05, 0.1) is 37.4 Å². The Kier molecular flexibility index (Phi) is 7.50. The minimum absolute atomic E-state index is 0.0836. The second-order valence-electron chi connectivity index (χ2n) is 8.50. The molecule has 2 heterocycles. The number of carbonyl (C=O) groups is 2. The summed E-state index contributed by atoms with van der Waals surface area (Å²) in [4.78, 5) is 29.0. The maximum atomic E-state index is 13.2. The third-order valence-corrected chi connectivity index (χ3v) is 6.25. The number of morpholine rings is 1. The van der Waals surface area contributed by atoms with Crippen LogP contribution in [0.3, 0.4) is 0 Å². The van der Waals surface area contributed by atoms with Gasteiger partial charge in [-0.1, -0.05) is 23.7 Å². The lowest BCUT2D eigenvalue weighted by molar-refractivity contribution is -0.150. The zero-order valence-electron chi connectivity index (χ0n) is 19.1. The molecule has 2 aliphatic heterocycles. The highest BCUT2D eigenvalue weighted by atomic mass is 35.5. The predicted molar refractivity (Wildman–Crippen MR) is 128 cm³/mol. The normalized spacial score (nSPS) is 20.4. The van der Waals surface area contributed by atoms with Gasteiger partial charge in [0.25, 0.3) is 0 Å². The first-order valence-corrected chi connectivity index (χ1v) is 11.4. The van der Waals surface area contributed by atoms with Gasteiger partial charge in [0.2, 0.25) is 11.8 Å². The molecule has 0 radical (unpaired) electrons. The molecule has 2 unspecified atom stereocenters. The predicted octanol–water partition coefficient (Wildman–Crippen LogP) is 3.57. The molecule has 2 aromatic carbocycles. The Morgan fingerprint density at radius 2 is 1.88 bits per heavy atom. The first-order valence-electron chi connectivity index (χ1n) is 11.0. The Balaban J connectivity index is 1.49. The number of halogens is 2. The number of benzene rings is 2. The molecule has 9 heteroatoms. The lowest BCUT2D eigenvalue weighted by atomic mass is 10.0. The molecule has 2 aromatic rings. The van der Waals surface area contributed by atoms with Gasteiger partial charge in [0.15, 0.2) is 0 Å². The summed E-state index contributed by atoms with van der Waals surface area (Å²) in [6, 6.07) is 9.61. The summed E-state index contributed by atoms with van der Waals surface area (Å²) in [6.45, 7) is 4.35. The van der Waals surface area contributed by atoms with E-state index in [1.807, 2.05) is 4.90 Å². The van der Waals surface area contributed by atoms with Crippen LogP contribution in [0.2, 0.25) is 5.02 Å². The van der Waals surface area contributed by atoms with E-state index >= 15 is 0 Å². The van der Waals surface area contributed by atoms with Crippen LogP contribution in [-0.2, 0) is 20.9 Å². The number of amides is 2. The number of nitrogens with zero attached hydrogens (tertiary/aromatic N) is 2. The van der Waals surface area contributed by atoms with Crippen molar-refractivity contribution in [2.45, 2.75) is 25.6 Å². The van der Waals surface area contributed by atoms with E-state index in [4.69, 9.17) is 21.1 Å². The molecule has 2 bridgehead atoms. The Bertz CT molecular complexity index is 1080. The van der Waals surface area contributed by atoms with Gasteiger partial charge in [-0.2, -0.15) is 0 Å². The second-order valence-corrected chi connectivity index (χ2v) is 8.91. The van der Waals surface area contributed by atoms with Gasteiger partial charge in [-0.25, -0.2) is 4.39 Å². The van der Waals surface area contributed by atoms with Crippen LogP contribution in [0.5, 0.6) is 5.75 Å². The van der Waals surface area contributed by atoms with E-state index in [1.54, 1.807) is 30.3 Å². The van der Waals surface area contributed by atoms with Gasteiger partial charge in [-0.15, -0.1) is 0 Å². The van der Waals surface area contributed by atoms with Gasteiger partial charge in [-0.05, 0) is 35.9 Å². The summed E-state index contributed by atoms with van der Waals surface area (Å²) < 4.78 is 24.2. The minimum Gasteiger partial charge on any atom is -0.495 e. The molecule has 180 valence electrons. The summed E-state index contributed by atoms with van der Waals surface area (Å²) in [6.07, 6.45) is 3.17. The summed E-state index contributed by atoms with van der Waals surface area (Å²) >= 11 is 6.20. The molecule has 2 amide bonds. The van der Waals surface area contributed by atoms with Crippen LogP contribution in [-0.4, -0.2) is 67.1 Å². The molecule has 0 aliphatic carbocycles.